The van der Waals surface area contributed by atoms with Crippen LogP contribution in [0.2, 0.25) is 0 Å². The van der Waals surface area contributed by atoms with Crippen LogP contribution < -0.4 is 0 Å². The summed E-state index contributed by atoms with van der Waals surface area (Å²) in [5.74, 6) is -0.692. The lowest BCUT2D eigenvalue weighted by atomic mass is 9.84. The second-order valence-corrected chi connectivity index (χ2v) is 8.83. The lowest BCUT2D eigenvalue weighted by Crippen LogP contribution is -2.49. The predicted octanol–water partition coefficient (Wildman–Crippen LogP) is 3.72. The lowest BCUT2D eigenvalue weighted by molar-refractivity contribution is -0.175. The van der Waals surface area contributed by atoms with Gasteiger partial charge >= 0.3 is 0 Å². The van der Waals surface area contributed by atoms with Crippen molar-refractivity contribution in [3.8, 4) is 0 Å². The van der Waals surface area contributed by atoms with Crippen LogP contribution in [0.3, 0.4) is 0 Å². The van der Waals surface area contributed by atoms with Crippen LogP contribution in [-0.4, -0.2) is 34.8 Å². The van der Waals surface area contributed by atoms with Crippen LogP contribution in [0.4, 0.5) is 0 Å². The van der Waals surface area contributed by atoms with E-state index in [0.29, 0.717) is 0 Å². The molecule has 1 saturated heterocycles. The zero-order valence-electron chi connectivity index (χ0n) is 17.9. The van der Waals surface area contributed by atoms with Gasteiger partial charge in [0.2, 0.25) is 0 Å². The van der Waals surface area contributed by atoms with Crippen molar-refractivity contribution < 1.29 is 19.7 Å². The van der Waals surface area contributed by atoms with Crippen molar-refractivity contribution in [2.45, 2.75) is 70.7 Å². The van der Waals surface area contributed by atoms with Gasteiger partial charge in [0.15, 0.2) is 5.78 Å². The molecule has 0 bridgehead atoms. The third-order valence-electron chi connectivity index (χ3n) is 6.66. The van der Waals surface area contributed by atoms with E-state index in [9.17, 15) is 15.0 Å². The summed E-state index contributed by atoms with van der Waals surface area (Å²) in [5.41, 5.74) is 7.73. The fourth-order valence-electron chi connectivity index (χ4n) is 4.97. The number of aliphatic hydroxyl groups is 2. The highest BCUT2D eigenvalue weighted by atomic mass is 16.5. The monoisotopic (exact) mass is 408 g/mol. The Balaban J connectivity index is 1.65. The molecule has 30 heavy (non-hydrogen) atoms. The molecule has 1 heterocycles. The first-order valence-corrected chi connectivity index (χ1v) is 11.2. The number of Topliss-reactive ketones (excluding diaryl/α,β-unsaturated/α-hetero) is 1. The van der Waals surface area contributed by atoms with Gasteiger partial charge in [-0.05, 0) is 65.5 Å². The van der Waals surface area contributed by atoms with Crippen molar-refractivity contribution in [1.29, 1.82) is 0 Å². The third-order valence-corrected chi connectivity index (χ3v) is 6.66. The zero-order chi connectivity index (χ0) is 21.3. The van der Waals surface area contributed by atoms with E-state index in [-0.39, 0.29) is 12.4 Å². The number of ether oxygens (including phenoxy) is 1. The van der Waals surface area contributed by atoms with E-state index in [4.69, 9.17) is 4.74 Å². The number of benzene rings is 2. The Bertz CT molecular complexity index is 902. The fraction of sp³-hybridized carbons (Fsp3) is 0.500. The smallest absolute Gasteiger partial charge is 0.169 e. The number of ketones is 1. The van der Waals surface area contributed by atoms with Gasteiger partial charge in [-0.15, -0.1) is 0 Å². The maximum absolute atomic E-state index is 12.5. The van der Waals surface area contributed by atoms with Crippen LogP contribution in [0.15, 0.2) is 36.4 Å². The second-order valence-electron chi connectivity index (χ2n) is 8.83. The molecular weight excluding hydrogens is 376 g/mol. The first kappa shape index (κ1) is 21.2. The van der Waals surface area contributed by atoms with Gasteiger partial charge in [-0.25, -0.2) is 0 Å². The van der Waals surface area contributed by atoms with Crippen LogP contribution in [-0.2, 0) is 35.2 Å². The molecule has 0 radical (unpaired) electrons. The highest BCUT2D eigenvalue weighted by molar-refractivity contribution is 5.87. The van der Waals surface area contributed by atoms with E-state index in [1.54, 1.807) is 0 Å². The summed E-state index contributed by atoms with van der Waals surface area (Å²) in [6.45, 7) is 3.64. The molecule has 2 aromatic carbocycles. The Labute approximate surface area is 178 Å². The minimum atomic E-state index is -1.25. The van der Waals surface area contributed by atoms with Gasteiger partial charge in [-0.2, -0.15) is 0 Å². The summed E-state index contributed by atoms with van der Waals surface area (Å²) in [7, 11) is 0. The van der Waals surface area contributed by atoms with Crippen molar-refractivity contribution in [1.82, 2.24) is 0 Å². The second kappa shape index (κ2) is 9.01. The van der Waals surface area contributed by atoms with Crippen LogP contribution in [0.1, 0.15) is 66.2 Å². The average Bonchev–Trinajstić information content (AvgIpc) is 3.23. The Kier molecular flexibility index (Phi) is 6.37. The molecule has 4 atom stereocenters. The summed E-state index contributed by atoms with van der Waals surface area (Å²) < 4.78 is 6.00. The lowest BCUT2D eigenvalue weighted by Gasteiger charge is -2.37. The van der Waals surface area contributed by atoms with Crippen LogP contribution in [0.5, 0.6) is 0 Å². The molecule has 2 aliphatic rings. The van der Waals surface area contributed by atoms with E-state index in [1.165, 1.54) is 27.8 Å². The number of rotatable bonds is 6. The summed E-state index contributed by atoms with van der Waals surface area (Å²) >= 11 is 0. The van der Waals surface area contributed by atoms with Gasteiger partial charge in [0.05, 0.1) is 12.7 Å². The average molecular weight is 409 g/mol. The molecule has 4 nitrogen and oxygen atoms in total. The highest BCUT2D eigenvalue weighted by Gasteiger charge is 2.42. The molecule has 0 aromatic heterocycles. The molecule has 160 valence electrons. The summed E-state index contributed by atoms with van der Waals surface area (Å²) in [4.78, 5) is 12.5. The minimum absolute atomic E-state index is 0.251. The molecule has 0 spiro atoms. The molecule has 4 unspecified atom stereocenters. The first-order chi connectivity index (χ1) is 14.5. The quantitative estimate of drug-likeness (QED) is 0.765. The van der Waals surface area contributed by atoms with Crippen LogP contribution in [0.25, 0.3) is 0 Å². The molecule has 1 aliphatic heterocycles. The van der Waals surface area contributed by atoms with Gasteiger partial charge < -0.3 is 14.9 Å². The molecule has 1 aliphatic carbocycles. The standard InChI is InChI=1S/C26H32O4/c1-3-5-17-8-10-18(11-9-17)12-20-14-21(13-19-6-4-7-22(19)20)26-16(2)24(28)25(29)23(15-27)30-26/h8-11,13-14,16,23,25-27,29H,3-7,12,15H2,1-2H3. The van der Waals surface area contributed by atoms with Crippen molar-refractivity contribution in [2.75, 3.05) is 6.61 Å². The summed E-state index contributed by atoms with van der Waals surface area (Å²) in [5, 5.41) is 19.7. The maximum Gasteiger partial charge on any atom is 0.169 e. The molecular formula is C26H32O4. The topological polar surface area (TPSA) is 66.8 Å². The Morgan fingerprint density at radius 2 is 1.83 bits per heavy atom. The van der Waals surface area contributed by atoms with E-state index in [1.807, 2.05) is 6.92 Å². The molecule has 0 amide bonds. The number of carbonyl (C=O) groups excluding carboxylic acids is 1. The Morgan fingerprint density at radius 3 is 2.53 bits per heavy atom. The maximum atomic E-state index is 12.5. The number of aliphatic hydroxyl groups excluding tert-OH is 2. The molecule has 2 N–H and O–H groups in total. The normalized spacial score (nSPS) is 26.1. The molecule has 1 fully saturated rings. The highest BCUT2D eigenvalue weighted by Crippen LogP contribution is 2.38. The Morgan fingerprint density at radius 1 is 1.10 bits per heavy atom. The van der Waals surface area contributed by atoms with Gasteiger partial charge in [-0.3, -0.25) is 4.79 Å². The molecule has 2 aromatic rings. The van der Waals surface area contributed by atoms with Crippen molar-refractivity contribution in [2.24, 2.45) is 5.92 Å². The van der Waals surface area contributed by atoms with Crippen molar-refractivity contribution >= 4 is 5.78 Å². The van der Waals surface area contributed by atoms with Gasteiger partial charge in [-0.1, -0.05) is 56.7 Å². The van der Waals surface area contributed by atoms with Gasteiger partial charge in [0, 0.05) is 5.92 Å². The third kappa shape index (κ3) is 4.09. The minimum Gasteiger partial charge on any atom is -0.394 e. The van der Waals surface area contributed by atoms with Crippen LogP contribution >= 0.6 is 0 Å². The molecule has 4 heteroatoms. The largest absolute Gasteiger partial charge is 0.394 e. The summed E-state index contributed by atoms with van der Waals surface area (Å²) in [6.07, 6.45) is 3.87. The zero-order valence-corrected chi connectivity index (χ0v) is 17.9. The number of carbonyl (C=O) groups is 1. The first-order valence-electron chi connectivity index (χ1n) is 11.2. The van der Waals surface area contributed by atoms with Gasteiger partial charge in [0.1, 0.15) is 12.2 Å². The van der Waals surface area contributed by atoms with Crippen LogP contribution in [0, 0.1) is 5.92 Å². The van der Waals surface area contributed by atoms with E-state index in [0.717, 1.165) is 44.1 Å². The van der Waals surface area contributed by atoms with Crippen molar-refractivity contribution in [3.05, 3.63) is 69.8 Å². The molecule has 0 saturated carbocycles. The predicted molar refractivity (Wildman–Crippen MR) is 117 cm³/mol. The number of hydrogen-bond donors (Lipinski definition) is 2. The molecule has 4 rings (SSSR count). The van der Waals surface area contributed by atoms with E-state index in [2.05, 4.69) is 43.3 Å². The number of hydrogen-bond acceptors (Lipinski definition) is 4. The number of fused-ring (bicyclic) bond motifs is 1. The summed E-state index contributed by atoms with van der Waals surface area (Å²) in [6, 6.07) is 13.3. The Hall–Kier alpha value is -2.01. The fourth-order valence-corrected chi connectivity index (χ4v) is 4.97. The van der Waals surface area contributed by atoms with E-state index < -0.39 is 24.2 Å². The van der Waals surface area contributed by atoms with Gasteiger partial charge in [0.25, 0.3) is 0 Å². The van der Waals surface area contributed by atoms with E-state index >= 15 is 0 Å². The van der Waals surface area contributed by atoms with Crippen molar-refractivity contribution in [3.63, 3.8) is 0 Å². The SMILES string of the molecule is CCCc1ccc(Cc2cc(C3OC(CO)C(O)C(=O)C3C)cc3c2CCC3)cc1. The number of aryl methyl sites for hydroxylation is 2.